The number of halogens is 3. The van der Waals surface area contributed by atoms with E-state index in [9.17, 15) is 13.9 Å². The molecule has 0 radical (unpaired) electrons. The van der Waals surface area contributed by atoms with Gasteiger partial charge in [0.1, 0.15) is 5.82 Å². The number of aromatic nitrogens is 1. The largest absolute Gasteiger partial charge is 0.394 e. The molecule has 19 heavy (non-hydrogen) atoms. The quantitative estimate of drug-likeness (QED) is 0.906. The van der Waals surface area contributed by atoms with E-state index in [1.807, 2.05) is 0 Å². The molecule has 0 saturated carbocycles. The molecule has 1 atom stereocenters. The molecule has 3 nitrogen and oxygen atoms in total. The third-order valence-electron chi connectivity index (χ3n) is 2.60. The van der Waals surface area contributed by atoms with Gasteiger partial charge in [-0.25, -0.2) is 13.8 Å². The summed E-state index contributed by atoms with van der Waals surface area (Å²) in [4.78, 5) is 3.81. The number of pyridine rings is 1. The second kappa shape index (κ2) is 5.95. The molecule has 0 fully saturated rings. The third-order valence-corrected chi connectivity index (χ3v) is 2.90. The van der Waals surface area contributed by atoms with Crippen molar-refractivity contribution in [2.24, 2.45) is 0 Å². The lowest BCUT2D eigenvalue weighted by Gasteiger charge is -2.17. The van der Waals surface area contributed by atoms with Crippen molar-refractivity contribution in [3.63, 3.8) is 0 Å². The number of anilines is 1. The van der Waals surface area contributed by atoms with Gasteiger partial charge in [-0.1, -0.05) is 17.7 Å². The highest BCUT2D eigenvalue weighted by Gasteiger charge is 2.14. The summed E-state index contributed by atoms with van der Waals surface area (Å²) < 4.78 is 26.8. The standard InChI is InChI=1S/C13H11ClF2N2O/c14-9-4-3-8(6-11(9)16)12(7-19)18-13-10(15)2-1-5-17-13/h1-6,12,19H,7H2,(H,17,18)/t12-/m1/s1. The fourth-order valence-corrected chi connectivity index (χ4v) is 1.74. The van der Waals surface area contributed by atoms with E-state index < -0.39 is 17.7 Å². The smallest absolute Gasteiger partial charge is 0.165 e. The van der Waals surface area contributed by atoms with Crippen LogP contribution in [-0.4, -0.2) is 16.7 Å². The normalized spacial score (nSPS) is 12.2. The van der Waals surface area contributed by atoms with Crippen molar-refractivity contribution in [1.82, 2.24) is 4.98 Å². The molecule has 2 rings (SSSR count). The zero-order chi connectivity index (χ0) is 13.8. The first-order chi connectivity index (χ1) is 9.11. The molecule has 100 valence electrons. The minimum Gasteiger partial charge on any atom is -0.394 e. The number of hydrogen-bond acceptors (Lipinski definition) is 3. The van der Waals surface area contributed by atoms with Gasteiger partial charge in [0.2, 0.25) is 0 Å². The zero-order valence-electron chi connectivity index (χ0n) is 9.78. The van der Waals surface area contributed by atoms with Crippen LogP contribution in [0.2, 0.25) is 5.02 Å². The van der Waals surface area contributed by atoms with Gasteiger partial charge in [0.05, 0.1) is 17.7 Å². The van der Waals surface area contributed by atoms with Gasteiger partial charge in [-0.05, 0) is 29.8 Å². The Labute approximate surface area is 113 Å². The van der Waals surface area contributed by atoms with E-state index in [0.29, 0.717) is 5.56 Å². The molecule has 0 saturated heterocycles. The monoisotopic (exact) mass is 284 g/mol. The van der Waals surface area contributed by atoms with Crippen LogP contribution in [0.4, 0.5) is 14.6 Å². The van der Waals surface area contributed by atoms with Crippen molar-refractivity contribution in [3.05, 3.63) is 58.7 Å². The Morgan fingerprint density at radius 3 is 2.68 bits per heavy atom. The summed E-state index contributed by atoms with van der Waals surface area (Å²) in [5, 5.41) is 12.0. The van der Waals surface area contributed by atoms with Gasteiger partial charge in [-0.2, -0.15) is 0 Å². The van der Waals surface area contributed by atoms with E-state index >= 15 is 0 Å². The first-order valence-electron chi connectivity index (χ1n) is 5.54. The fourth-order valence-electron chi connectivity index (χ4n) is 1.62. The average Bonchev–Trinajstić information content (AvgIpc) is 2.41. The molecule has 1 aromatic carbocycles. The lowest BCUT2D eigenvalue weighted by atomic mass is 10.1. The summed E-state index contributed by atoms with van der Waals surface area (Å²) in [6.45, 7) is -0.336. The summed E-state index contributed by atoms with van der Waals surface area (Å²) >= 11 is 5.58. The molecule has 0 spiro atoms. The molecule has 0 bridgehead atoms. The molecule has 0 aliphatic heterocycles. The molecular weight excluding hydrogens is 274 g/mol. The Hall–Kier alpha value is -1.72. The van der Waals surface area contributed by atoms with Crippen LogP contribution in [0, 0.1) is 11.6 Å². The Balaban J connectivity index is 2.25. The summed E-state index contributed by atoms with van der Waals surface area (Å²) in [6, 6.07) is 6.15. The van der Waals surface area contributed by atoms with Crippen molar-refractivity contribution in [1.29, 1.82) is 0 Å². The van der Waals surface area contributed by atoms with Gasteiger partial charge < -0.3 is 10.4 Å². The highest BCUT2D eigenvalue weighted by atomic mass is 35.5. The molecule has 0 aliphatic rings. The minimum absolute atomic E-state index is 0.00286. The first-order valence-corrected chi connectivity index (χ1v) is 5.92. The number of nitrogens with one attached hydrogen (secondary N) is 1. The SMILES string of the molecule is OC[C@@H](Nc1ncccc1F)c1ccc(Cl)c(F)c1. The number of hydrogen-bond donors (Lipinski definition) is 2. The fraction of sp³-hybridized carbons (Fsp3) is 0.154. The van der Waals surface area contributed by atoms with Crippen molar-refractivity contribution in [2.45, 2.75) is 6.04 Å². The Bertz CT molecular complexity index is 580. The Morgan fingerprint density at radius 1 is 1.26 bits per heavy atom. The van der Waals surface area contributed by atoms with E-state index in [4.69, 9.17) is 11.6 Å². The first kappa shape index (κ1) is 13.7. The molecule has 6 heteroatoms. The molecular formula is C13H11ClF2N2O. The van der Waals surface area contributed by atoms with E-state index in [-0.39, 0.29) is 17.4 Å². The van der Waals surface area contributed by atoms with Crippen LogP contribution in [0.15, 0.2) is 36.5 Å². The summed E-state index contributed by atoms with van der Waals surface area (Å²) in [5.41, 5.74) is 0.453. The molecule has 0 aliphatic carbocycles. The van der Waals surface area contributed by atoms with Crippen LogP contribution in [-0.2, 0) is 0 Å². The van der Waals surface area contributed by atoms with Crippen molar-refractivity contribution < 1.29 is 13.9 Å². The van der Waals surface area contributed by atoms with Crippen LogP contribution in [0.1, 0.15) is 11.6 Å². The topological polar surface area (TPSA) is 45.1 Å². The maximum atomic E-state index is 13.4. The maximum Gasteiger partial charge on any atom is 0.165 e. The van der Waals surface area contributed by atoms with Crippen molar-refractivity contribution in [2.75, 3.05) is 11.9 Å². The molecule has 0 unspecified atom stereocenters. The number of aliphatic hydroxyl groups is 1. The lowest BCUT2D eigenvalue weighted by molar-refractivity contribution is 0.275. The van der Waals surface area contributed by atoms with Crippen LogP contribution in [0.5, 0.6) is 0 Å². The van der Waals surface area contributed by atoms with Gasteiger partial charge in [0.25, 0.3) is 0 Å². The van der Waals surface area contributed by atoms with E-state index in [1.54, 1.807) is 6.07 Å². The predicted octanol–water partition coefficient (Wildman–Crippen LogP) is 3.16. The molecule has 1 heterocycles. The van der Waals surface area contributed by atoms with Crippen LogP contribution < -0.4 is 5.32 Å². The van der Waals surface area contributed by atoms with Crippen LogP contribution in [0.25, 0.3) is 0 Å². The van der Waals surface area contributed by atoms with Gasteiger partial charge >= 0.3 is 0 Å². The van der Waals surface area contributed by atoms with Crippen molar-refractivity contribution in [3.8, 4) is 0 Å². The van der Waals surface area contributed by atoms with E-state index in [2.05, 4.69) is 10.3 Å². The second-order valence-corrected chi connectivity index (χ2v) is 4.29. The predicted molar refractivity (Wildman–Crippen MR) is 69.1 cm³/mol. The summed E-state index contributed by atoms with van der Waals surface area (Å²) in [7, 11) is 0. The van der Waals surface area contributed by atoms with Gasteiger partial charge in [-0.15, -0.1) is 0 Å². The van der Waals surface area contributed by atoms with Crippen LogP contribution >= 0.6 is 11.6 Å². The summed E-state index contributed by atoms with van der Waals surface area (Å²) in [5.74, 6) is -1.15. The van der Waals surface area contributed by atoms with Crippen LogP contribution in [0.3, 0.4) is 0 Å². The lowest BCUT2D eigenvalue weighted by Crippen LogP contribution is -2.16. The average molecular weight is 285 g/mol. The molecule has 2 N–H and O–H groups in total. The van der Waals surface area contributed by atoms with E-state index in [0.717, 1.165) is 0 Å². The summed E-state index contributed by atoms with van der Waals surface area (Å²) in [6.07, 6.45) is 1.42. The Kier molecular flexibility index (Phi) is 4.29. The molecule has 1 aromatic heterocycles. The zero-order valence-corrected chi connectivity index (χ0v) is 10.5. The minimum atomic E-state index is -0.670. The number of benzene rings is 1. The second-order valence-electron chi connectivity index (χ2n) is 3.89. The third kappa shape index (κ3) is 3.19. The van der Waals surface area contributed by atoms with E-state index in [1.165, 1.54) is 30.5 Å². The highest BCUT2D eigenvalue weighted by Crippen LogP contribution is 2.23. The number of aliphatic hydroxyl groups excluding tert-OH is 1. The number of rotatable bonds is 4. The van der Waals surface area contributed by atoms with Gasteiger partial charge in [0, 0.05) is 6.20 Å². The highest BCUT2D eigenvalue weighted by molar-refractivity contribution is 6.30. The maximum absolute atomic E-state index is 13.4. The number of nitrogens with zero attached hydrogens (tertiary/aromatic N) is 1. The van der Waals surface area contributed by atoms with Crippen molar-refractivity contribution >= 4 is 17.4 Å². The Morgan fingerprint density at radius 2 is 2.05 bits per heavy atom. The van der Waals surface area contributed by atoms with Gasteiger partial charge in [-0.3, -0.25) is 0 Å². The molecule has 2 aromatic rings. The van der Waals surface area contributed by atoms with Gasteiger partial charge in [0.15, 0.2) is 11.6 Å². The molecule has 0 amide bonds.